The summed E-state index contributed by atoms with van der Waals surface area (Å²) in [5, 5.41) is 0. The highest BCUT2D eigenvalue weighted by Gasteiger charge is 1.98. The summed E-state index contributed by atoms with van der Waals surface area (Å²) in [7, 11) is 0. The van der Waals surface area contributed by atoms with Crippen LogP contribution in [0, 0.1) is 6.92 Å². The van der Waals surface area contributed by atoms with Crippen LogP contribution < -0.4 is 5.69 Å². The predicted octanol–water partition coefficient (Wildman–Crippen LogP) is 0.264. The zero-order valence-corrected chi connectivity index (χ0v) is 7.06. The maximum Gasteiger partial charge on any atom is 0.347 e. The van der Waals surface area contributed by atoms with Crippen LogP contribution in [0.1, 0.15) is 5.69 Å². The number of aromatic amines is 1. The molecule has 0 radical (unpaired) electrons. The van der Waals surface area contributed by atoms with Crippen molar-refractivity contribution in [2.24, 2.45) is 0 Å². The highest BCUT2D eigenvalue weighted by molar-refractivity contribution is 5.22. The first-order valence-corrected chi connectivity index (χ1v) is 3.82. The molecule has 0 aliphatic carbocycles. The average molecular weight is 176 g/mol. The van der Waals surface area contributed by atoms with Crippen LogP contribution in [-0.4, -0.2) is 19.5 Å². The van der Waals surface area contributed by atoms with E-state index in [4.69, 9.17) is 0 Å². The summed E-state index contributed by atoms with van der Waals surface area (Å²) >= 11 is 0. The van der Waals surface area contributed by atoms with Crippen molar-refractivity contribution in [3.63, 3.8) is 0 Å². The molecule has 0 amide bonds. The Morgan fingerprint density at radius 1 is 1.54 bits per heavy atom. The molecule has 5 heteroatoms. The van der Waals surface area contributed by atoms with Crippen LogP contribution in [0.25, 0.3) is 5.82 Å². The van der Waals surface area contributed by atoms with Gasteiger partial charge >= 0.3 is 5.69 Å². The fourth-order valence-corrected chi connectivity index (χ4v) is 1.09. The minimum atomic E-state index is -0.344. The molecular weight excluding hydrogens is 168 g/mol. The molecule has 0 saturated carbocycles. The van der Waals surface area contributed by atoms with Gasteiger partial charge in [-0.3, -0.25) is 4.57 Å². The normalized spacial score (nSPS) is 10.2. The molecule has 2 aromatic heterocycles. The SMILES string of the molecule is Cc1cc(-n2ccnc2)nc(=O)[nH]1. The Bertz CT molecular complexity index is 457. The Hall–Kier alpha value is -1.91. The molecule has 1 N–H and O–H groups in total. The van der Waals surface area contributed by atoms with Crippen molar-refractivity contribution in [3.05, 3.63) is 41.0 Å². The number of aromatic nitrogens is 4. The molecule has 0 aromatic carbocycles. The Balaban J connectivity index is 2.59. The van der Waals surface area contributed by atoms with E-state index in [1.54, 1.807) is 29.4 Å². The fraction of sp³-hybridized carbons (Fsp3) is 0.125. The number of hydrogen-bond acceptors (Lipinski definition) is 3. The summed E-state index contributed by atoms with van der Waals surface area (Å²) in [4.78, 5) is 21.2. The second kappa shape index (κ2) is 2.85. The van der Waals surface area contributed by atoms with Crippen LogP contribution in [0.3, 0.4) is 0 Å². The number of nitrogens with one attached hydrogen (secondary N) is 1. The third kappa shape index (κ3) is 1.48. The van der Waals surface area contributed by atoms with Gasteiger partial charge in [-0.05, 0) is 6.92 Å². The molecule has 0 aliphatic rings. The number of hydrogen-bond donors (Lipinski definition) is 1. The van der Waals surface area contributed by atoms with E-state index in [9.17, 15) is 4.79 Å². The van der Waals surface area contributed by atoms with Crippen molar-refractivity contribution in [2.75, 3.05) is 0 Å². The van der Waals surface area contributed by atoms with Gasteiger partial charge in [0.2, 0.25) is 0 Å². The molecule has 2 aromatic rings. The van der Waals surface area contributed by atoms with Crippen LogP contribution in [0.4, 0.5) is 0 Å². The number of aryl methyl sites for hydroxylation is 1. The monoisotopic (exact) mass is 176 g/mol. The first-order valence-electron chi connectivity index (χ1n) is 3.82. The lowest BCUT2D eigenvalue weighted by atomic mass is 10.4. The van der Waals surface area contributed by atoms with E-state index >= 15 is 0 Å². The zero-order valence-electron chi connectivity index (χ0n) is 7.06. The van der Waals surface area contributed by atoms with E-state index < -0.39 is 0 Å². The van der Waals surface area contributed by atoms with Crippen molar-refractivity contribution < 1.29 is 0 Å². The molecule has 13 heavy (non-hydrogen) atoms. The second-order valence-electron chi connectivity index (χ2n) is 2.70. The highest BCUT2D eigenvalue weighted by atomic mass is 16.1. The summed E-state index contributed by atoms with van der Waals surface area (Å²) < 4.78 is 1.68. The van der Waals surface area contributed by atoms with Crippen LogP contribution in [-0.2, 0) is 0 Å². The topological polar surface area (TPSA) is 63.6 Å². The van der Waals surface area contributed by atoms with E-state index in [1.165, 1.54) is 0 Å². The van der Waals surface area contributed by atoms with Gasteiger partial charge in [0.1, 0.15) is 12.1 Å². The molecule has 2 heterocycles. The van der Waals surface area contributed by atoms with Crippen molar-refractivity contribution in [2.45, 2.75) is 6.92 Å². The van der Waals surface area contributed by atoms with Crippen molar-refractivity contribution in [1.29, 1.82) is 0 Å². The van der Waals surface area contributed by atoms with E-state index in [2.05, 4.69) is 15.0 Å². The molecule has 0 unspecified atom stereocenters. The Morgan fingerprint density at radius 2 is 2.38 bits per heavy atom. The third-order valence-electron chi connectivity index (χ3n) is 1.63. The van der Waals surface area contributed by atoms with Crippen molar-refractivity contribution in [3.8, 4) is 5.82 Å². The Kier molecular flexibility index (Phi) is 1.70. The minimum Gasteiger partial charge on any atom is -0.310 e. The summed E-state index contributed by atoms with van der Waals surface area (Å²) in [6.07, 6.45) is 4.97. The summed E-state index contributed by atoms with van der Waals surface area (Å²) in [6.45, 7) is 1.81. The number of rotatable bonds is 1. The van der Waals surface area contributed by atoms with Gasteiger partial charge in [0, 0.05) is 24.2 Å². The van der Waals surface area contributed by atoms with Gasteiger partial charge in [-0.25, -0.2) is 9.78 Å². The molecule has 0 aliphatic heterocycles. The standard InChI is InChI=1S/C8H8N4O/c1-6-4-7(11-8(13)10-6)12-3-2-9-5-12/h2-5H,1H3,(H,10,11,13). The van der Waals surface area contributed by atoms with Crippen molar-refractivity contribution in [1.82, 2.24) is 19.5 Å². The van der Waals surface area contributed by atoms with Gasteiger partial charge in [0.05, 0.1) is 0 Å². The van der Waals surface area contributed by atoms with Crippen LogP contribution in [0.2, 0.25) is 0 Å². The summed E-state index contributed by atoms with van der Waals surface area (Å²) in [6, 6.07) is 1.78. The van der Waals surface area contributed by atoms with Gasteiger partial charge < -0.3 is 4.98 Å². The van der Waals surface area contributed by atoms with Gasteiger partial charge in [0.25, 0.3) is 0 Å². The average Bonchev–Trinajstić information content (AvgIpc) is 2.53. The summed E-state index contributed by atoms with van der Waals surface area (Å²) in [5.41, 5.74) is 0.437. The molecule has 0 bridgehead atoms. The van der Waals surface area contributed by atoms with E-state index in [0.717, 1.165) is 5.69 Å². The first-order chi connectivity index (χ1) is 6.25. The van der Waals surface area contributed by atoms with Crippen LogP contribution in [0.5, 0.6) is 0 Å². The maximum absolute atomic E-state index is 11.0. The molecule has 66 valence electrons. The molecule has 0 fully saturated rings. The maximum atomic E-state index is 11.0. The highest BCUT2D eigenvalue weighted by Crippen LogP contribution is 2.00. The van der Waals surface area contributed by atoms with Gasteiger partial charge in [0.15, 0.2) is 0 Å². The largest absolute Gasteiger partial charge is 0.347 e. The lowest BCUT2D eigenvalue weighted by Crippen LogP contribution is -2.14. The van der Waals surface area contributed by atoms with Gasteiger partial charge in [-0.1, -0.05) is 0 Å². The summed E-state index contributed by atoms with van der Waals surface area (Å²) in [5.74, 6) is 0.582. The number of imidazole rings is 1. The number of nitrogens with zero attached hydrogens (tertiary/aromatic N) is 3. The Morgan fingerprint density at radius 3 is 3.00 bits per heavy atom. The smallest absolute Gasteiger partial charge is 0.310 e. The lowest BCUT2D eigenvalue weighted by Gasteiger charge is -1.99. The molecular formula is C8H8N4O. The Labute approximate surface area is 74.1 Å². The number of H-pyrrole nitrogens is 1. The minimum absolute atomic E-state index is 0.344. The van der Waals surface area contributed by atoms with Crippen LogP contribution >= 0.6 is 0 Å². The predicted molar refractivity (Wildman–Crippen MR) is 46.7 cm³/mol. The second-order valence-corrected chi connectivity index (χ2v) is 2.70. The van der Waals surface area contributed by atoms with Gasteiger partial charge in [-0.15, -0.1) is 0 Å². The van der Waals surface area contributed by atoms with Gasteiger partial charge in [-0.2, -0.15) is 4.98 Å². The molecule has 0 spiro atoms. The fourth-order valence-electron chi connectivity index (χ4n) is 1.09. The third-order valence-corrected chi connectivity index (χ3v) is 1.63. The molecule has 2 rings (SSSR count). The quantitative estimate of drug-likeness (QED) is 0.678. The van der Waals surface area contributed by atoms with Crippen LogP contribution in [0.15, 0.2) is 29.6 Å². The van der Waals surface area contributed by atoms with E-state index in [-0.39, 0.29) is 5.69 Å². The molecule has 5 nitrogen and oxygen atoms in total. The van der Waals surface area contributed by atoms with Crippen molar-refractivity contribution >= 4 is 0 Å². The molecule has 0 atom stereocenters. The van der Waals surface area contributed by atoms with E-state index in [0.29, 0.717) is 5.82 Å². The lowest BCUT2D eigenvalue weighted by molar-refractivity contribution is 0.924. The van der Waals surface area contributed by atoms with E-state index in [1.807, 2.05) is 6.92 Å². The first kappa shape index (κ1) is 7.72. The molecule has 0 saturated heterocycles. The zero-order chi connectivity index (χ0) is 9.26.